The molecule has 2 saturated heterocycles. The van der Waals surface area contributed by atoms with E-state index in [1.165, 1.54) is 35.4 Å². The predicted octanol–water partition coefficient (Wildman–Crippen LogP) is 3.77. The molecule has 0 bridgehead atoms. The van der Waals surface area contributed by atoms with Crippen LogP contribution in [-0.2, 0) is 25.6 Å². The summed E-state index contributed by atoms with van der Waals surface area (Å²) in [4.78, 5) is 59.9. The van der Waals surface area contributed by atoms with Crippen LogP contribution in [0.2, 0.25) is 0 Å². The van der Waals surface area contributed by atoms with Crippen LogP contribution in [0, 0.1) is 29.0 Å². The van der Waals surface area contributed by atoms with Gasteiger partial charge >= 0.3 is 5.97 Å². The van der Waals surface area contributed by atoms with Crippen molar-refractivity contribution in [3.05, 3.63) is 87.1 Å². The van der Waals surface area contributed by atoms with Gasteiger partial charge in [0.2, 0.25) is 0 Å². The van der Waals surface area contributed by atoms with Gasteiger partial charge in [0.25, 0.3) is 17.4 Å². The van der Waals surface area contributed by atoms with Crippen LogP contribution in [0.4, 0.5) is 4.39 Å². The first-order chi connectivity index (χ1) is 23.6. The van der Waals surface area contributed by atoms with Crippen molar-refractivity contribution < 1.29 is 28.3 Å². The lowest BCUT2D eigenvalue weighted by atomic mass is 9.59. The van der Waals surface area contributed by atoms with Gasteiger partial charge in [-0.1, -0.05) is 56.2 Å². The summed E-state index contributed by atoms with van der Waals surface area (Å²) >= 11 is 0. The highest BCUT2D eigenvalue weighted by Gasteiger charge is 2.51. The van der Waals surface area contributed by atoms with Crippen molar-refractivity contribution in [3.63, 3.8) is 0 Å². The average Bonchev–Trinajstić information content (AvgIpc) is 3.40. The van der Waals surface area contributed by atoms with Crippen molar-refractivity contribution in [2.75, 3.05) is 39.3 Å². The Kier molecular flexibility index (Phi) is 9.10. The third kappa shape index (κ3) is 6.51. The molecule has 0 radical (unpaired) electrons. The number of hydrogen-bond donors (Lipinski definition) is 2. The standard InChI is InChI=1S/C37H42FN5O6/c1-22-6-5-11-37(2)19-32-26(18-29(22)37)28(36(47)49-32)20-39-48-21-33(44)42-12-14-43(15-13-42)35(46)27-16-23(9-10-30(27)38)17-31-24-7-3-4-8-25(24)34(45)41-40-31/h3-4,7-10,16,18,22,26,28,32,39H,5-6,11-15,17,19-21H2,1-2H3,(H,41,45)/t22-,26?,28?,32?,37+/m0/s1. The van der Waals surface area contributed by atoms with E-state index in [0.29, 0.717) is 34.4 Å². The number of carbonyl (C=O) groups is 3. The summed E-state index contributed by atoms with van der Waals surface area (Å²) in [7, 11) is 0. The minimum atomic E-state index is -0.629. The van der Waals surface area contributed by atoms with Gasteiger partial charge in [-0.25, -0.2) is 15.0 Å². The maximum Gasteiger partial charge on any atom is 0.311 e. The molecule has 258 valence electrons. The number of rotatable bonds is 8. The lowest BCUT2D eigenvalue weighted by Crippen LogP contribution is -2.51. The van der Waals surface area contributed by atoms with Gasteiger partial charge in [-0.3, -0.25) is 24.0 Å². The van der Waals surface area contributed by atoms with Gasteiger partial charge in [-0.2, -0.15) is 5.10 Å². The summed E-state index contributed by atoms with van der Waals surface area (Å²) in [6, 6.07) is 11.5. The molecule has 5 atom stereocenters. The Morgan fingerprint density at radius 1 is 1.10 bits per heavy atom. The van der Waals surface area contributed by atoms with Crippen molar-refractivity contribution >= 4 is 28.6 Å². The van der Waals surface area contributed by atoms with Gasteiger partial charge in [0.15, 0.2) is 0 Å². The van der Waals surface area contributed by atoms with E-state index in [1.54, 1.807) is 23.1 Å². The van der Waals surface area contributed by atoms with Gasteiger partial charge in [0.05, 0.1) is 22.6 Å². The van der Waals surface area contributed by atoms with E-state index in [0.717, 1.165) is 12.8 Å². The third-order valence-corrected chi connectivity index (χ3v) is 11.0. The summed E-state index contributed by atoms with van der Waals surface area (Å²) in [6.45, 7) is 5.66. The fraction of sp³-hybridized carbons (Fsp3) is 0.486. The van der Waals surface area contributed by atoms with Crippen LogP contribution in [0.3, 0.4) is 0 Å². The topological polar surface area (TPSA) is 134 Å². The van der Waals surface area contributed by atoms with Gasteiger partial charge in [-0.05, 0) is 54.4 Å². The molecule has 4 aliphatic rings. The molecule has 49 heavy (non-hydrogen) atoms. The number of nitrogens with zero attached hydrogens (tertiary/aromatic N) is 3. The largest absolute Gasteiger partial charge is 0.461 e. The Labute approximate surface area is 283 Å². The van der Waals surface area contributed by atoms with Crippen LogP contribution in [0.5, 0.6) is 0 Å². The highest BCUT2D eigenvalue weighted by Crippen LogP contribution is 2.53. The van der Waals surface area contributed by atoms with E-state index in [2.05, 4.69) is 35.6 Å². The number of ether oxygens (including phenoxy) is 1. The van der Waals surface area contributed by atoms with Crippen molar-refractivity contribution in [1.29, 1.82) is 0 Å². The van der Waals surface area contributed by atoms with Gasteiger partial charge in [0, 0.05) is 50.4 Å². The van der Waals surface area contributed by atoms with Gasteiger partial charge in [0.1, 0.15) is 18.5 Å². The number of H-pyrrole nitrogens is 1. The number of hydroxylamine groups is 1. The fourth-order valence-corrected chi connectivity index (χ4v) is 8.31. The number of esters is 1. The normalized spacial score (nSPS) is 26.6. The number of halogens is 1. The third-order valence-electron chi connectivity index (χ3n) is 11.0. The number of nitrogens with one attached hydrogen (secondary N) is 2. The second-order valence-corrected chi connectivity index (χ2v) is 14.2. The molecule has 0 spiro atoms. The molecule has 2 aliphatic heterocycles. The average molecular weight is 672 g/mol. The molecule has 2 aromatic carbocycles. The molecule has 2 aliphatic carbocycles. The van der Waals surface area contributed by atoms with Crippen molar-refractivity contribution in [2.45, 2.75) is 52.1 Å². The predicted molar refractivity (Wildman–Crippen MR) is 179 cm³/mol. The van der Waals surface area contributed by atoms with E-state index in [4.69, 9.17) is 9.57 Å². The van der Waals surface area contributed by atoms with E-state index in [9.17, 15) is 23.6 Å². The fourth-order valence-electron chi connectivity index (χ4n) is 8.31. The zero-order valence-corrected chi connectivity index (χ0v) is 27.9. The van der Waals surface area contributed by atoms with E-state index in [1.807, 2.05) is 12.1 Å². The second kappa shape index (κ2) is 13.5. The molecule has 2 N–H and O–H groups in total. The number of carbonyl (C=O) groups excluding carboxylic acids is 3. The SMILES string of the molecule is C[C@H]1CCC[C@]2(C)CC3OC(=O)C(CNOCC(=O)N4CCN(C(=O)c5cc(Cc6n[nH]c(=O)c7ccccc67)ccc5F)CC4)C3C=C12. The molecule has 3 aromatic rings. The quantitative estimate of drug-likeness (QED) is 0.160. The lowest BCUT2D eigenvalue weighted by molar-refractivity contribution is -0.146. The van der Waals surface area contributed by atoms with E-state index in [-0.39, 0.29) is 85.7 Å². The number of allylic oxidation sites excluding steroid dienone is 1. The molecule has 3 fully saturated rings. The summed E-state index contributed by atoms with van der Waals surface area (Å²) in [5, 5.41) is 7.91. The maximum atomic E-state index is 14.9. The Morgan fingerprint density at radius 2 is 1.86 bits per heavy atom. The molecule has 2 amide bonds. The first-order valence-corrected chi connectivity index (χ1v) is 17.2. The van der Waals surface area contributed by atoms with Crippen molar-refractivity contribution in [1.82, 2.24) is 25.5 Å². The van der Waals surface area contributed by atoms with Crippen LogP contribution in [0.15, 0.2) is 58.9 Å². The number of aromatic nitrogens is 2. The number of piperazine rings is 1. The Hall–Kier alpha value is -4.42. The summed E-state index contributed by atoms with van der Waals surface area (Å²) in [5.74, 6) is -1.42. The highest BCUT2D eigenvalue weighted by atomic mass is 19.1. The number of benzene rings is 2. The van der Waals surface area contributed by atoms with Crippen LogP contribution in [0.25, 0.3) is 10.8 Å². The summed E-state index contributed by atoms with van der Waals surface area (Å²) in [6.07, 6.45) is 6.81. The minimum absolute atomic E-state index is 0.000477. The summed E-state index contributed by atoms with van der Waals surface area (Å²) < 4.78 is 20.7. The van der Waals surface area contributed by atoms with E-state index < -0.39 is 11.7 Å². The smallest absolute Gasteiger partial charge is 0.311 e. The second-order valence-electron chi connectivity index (χ2n) is 14.2. The molecular formula is C37H42FN5O6. The van der Waals surface area contributed by atoms with Crippen molar-refractivity contribution in [3.8, 4) is 0 Å². The molecule has 11 nitrogen and oxygen atoms in total. The van der Waals surface area contributed by atoms with Gasteiger partial charge < -0.3 is 14.5 Å². The zero-order valence-electron chi connectivity index (χ0n) is 27.9. The van der Waals surface area contributed by atoms with E-state index >= 15 is 0 Å². The van der Waals surface area contributed by atoms with Crippen LogP contribution in [0.1, 0.15) is 61.1 Å². The maximum absolute atomic E-state index is 14.9. The van der Waals surface area contributed by atoms with Gasteiger partial charge in [-0.15, -0.1) is 0 Å². The number of hydrogen-bond acceptors (Lipinski definition) is 8. The molecule has 3 heterocycles. The molecule has 1 aromatic heterocycles. The monoisotopic (exact) mass is 671 g/mol. The number of amides is 2. The molecule has 1 saturated carbocycles. The van der Waals surface area contributed by atoms with Crippen LogP contribution >= 0.6 is 0 Å². The van der Waals surface area contributed by atoms with Crippen molar-refractivity contribution in [2.24, 2.45) is 23.2 Å². The van der Waals surface area contributed by atoms with Crippen LogP contribution < -0.4 is 11.0 Å². The Bertz CT molecular complexity index is 1870. The molecule has 3 unspecified atom stereocenters. The number of aromatic amines is 1. The first-order valence-electron chi connectivity index (χ1n) is 17.2. The minimum Gasteiger partial charge on any atom is -0.461 e. The first kappa shape index (κ1) is 33.1. The number of fused-ring (bicyclic) bond motifs is 3. The van der Waals surface area contributed by atoms with Crippen LogP contribution in [-0.4, -0.2) is 83.2 Å². The Morgan fingerprint density at radius 3 is 2.65 bits per heavy atom. The highest BCUT2D eigenvalue weighted by molar-refractivity contribution is 5.95. The molecule has 7 rings (SSSR count). The Balaban J connectivity index is 0.901. The molecule has 12 heteroatoms. The molecular weight excluding hydrogens is 629 g/mol. The lowest BCUT2D eigenvalue weighted by Gasteiger charge is -2.46. The summed E-state index contributed by atoms with van der Waals surface area (Å²) in [5.41, 5.74) is 5.33. The zero-order chi connectivity index (χ0) is 34.3.